The van der Waals surface area contributed by atoms with Crippen LogP contribution >= 0.6 is 0 Å². The minimum absolute atomic E-state index is 0.154. The molecule has 4 heterocycles. The maximum atomic E-state index is 12.8. The molecule has 4 rings (SSSR count). The second-order valence-electron chi connectivity index (χ2n) is 7.18. The summed E-state index contributed by atoms with van der Waals surface area (Å²) >= 11 is 0. The minimum atomic E-state index is -0.154. The highest BCUT2D eigenvalue weighted by Crippen LogP contribution is 2.10. The van der Waals surface area contributed by atoms with E-state index >= 15 is 0 Å². The van der Waals surface area contributed by atoms with Crippen LogP contribution in [-0.4, -0.2) is 84.8 Å². The molecule has 3 aromatic rings. The van der Waals surface area contributed by atoms with Gasteiger partial charge in [-0.2, -0.15) is 10.1 Å². The molecule has 0 N–H and O–H groups in total. The number of carbonyl (C=O) groups excluding carboxylic acids is 1. The molecule has 3 aromatic heterocycles. The summed E-state index contributed by atoms with van der Waals surface area (Å²) in [4.78, 5) is 25.5. The van der Waals surface area contributed by atoms with E-state index in [1.807, 2.05) is 39.0 Å². The molecule has 0 aromatic carbocycles. The molecule has 0 unspecified atom stereocenters. The fraction of sp³-hybridized carbons (Fsp3) is 0.474. The van der Waals surface area contributed by atoms with Gasteiger partial charge in [0.25, 0.3) is 11.7 Å². The lowest BCUT2D eigenvalue weighted by atomic mass is 10.3. The van der Waals surface area contributed by atoms with Crippen LogP contribution in [0.4, 0.5) is 0 Å². The van der Waals surface area contributed by atoms with Gasteiger partial charge in [-0.25, -0.2) is 9.50 Å². The number of aryl methyl sites for hydroxylation is 3. The van der Waals surface area contributed by atoms with E-state index in [1.165, 1.54) is 0 Å². The Morgan fingerprint density at radius 2 is 1.83 bits per heavy atom. The SMILES string of the molecule is Cc1ccc(OCCN2CCN(C(=O)c3nc4nc(C)cc(C)n4n3)CC2)nn1. The van der Waals surface area contributed by atoms with E-state index in [0.717, 1.165) is 36.7 Å². The number of aromatic nitrogens is 6. The second-order valence-corrected chi connectivity index (χ2v) is 7.18. The third kappa shape index (κ3) is 4.32. The van der Waals surface area contributed by atoms with Crippen LogP contribution in [0.1, 0.15) is 27.7 Å². The normalized spacial score (nSPS) is 15.1. The first-order chi connectivity index (χ1) is 14.0. The number of fused-ring (bicyclic) bond motifs is 1. The molecule has 29 heavy (non-hydrogen) atoms. The average molecular weight is 396 g/mol. The van der Waals surface area contributed by atoms with Crippen LogP contribution in [-0.2, 0) is 0 Å². The standard InChI is InChI=1S/C19H24N8O2/c1-13-4-5-16(23-22-13)29-11-10-25-6-8-26(9-7-25)18(28)17-21-19-20-14(2)12-15(3)27(19)24-17/h4-5,12H,6-11H2,1-3H3. The lowest BCUT2D eigenvalue weighted by molar-refractivity contribution is 0.0607. The molecule has 1 aliphatic rings. The minimum Gasteiger partial charge on any atom is -0.475 e. The molecule has 0 saturated carbocycles. The Bertz CT molecular complexity index is 1010. The van der Waals surface area contributed by atoms with E-state index in [2.05, 4.69) is 30.2 Å². The zero-order chi connectivity index (χ0) is 20.4. The van der Waals surface area contributed by atoms with E-state index < -0.39 is 0 Å². The highest BCUT2D eigenvalue weighted by Gasteiger charge is 2.25. The Hall–Kier alpha value is -3.14. The van der Waals surface area contributed by atoms with Gasteiger partial charge in [-0.05, 0) is 32.9 Å². The van der Waals surface area contributed by atoms with E-state index in [4.69, 9.17) is 4.74 Å². The highest BCUT2D eigenvalue weighted by atomic mass is 16.5. The van der Waals surface area contributed by atoms with Crippen LogP contribution in [0, 0.1) is 20.8 Å². The number of hydrogen-bond acceptors (Lipinski definition) is 8. The van der Waals surface area contributed by atoms with Gasteiger partial charge in [0.05, 0.1) is 5.69 Å². The molecule has 1 saturated heterocycles. The number of nitrogens with zero attached hydrogens (tertiary/aromatic N) is 8. The quantitative estimate of drug-likeness (QED) is 0.620. The van der Waals surface area contributed by atoms with Crippen LogP contribution in [0.15, 0.2) is 18.2 Å². The van der Waals surface area contributed by atoms with Crippen LogP contribution in [0.5, 0.6) is 5.88 Å². The van der Waals surface area contributed by atoms with E-state index in [-0.39, 0.29) is 11.7 Å². The molecular weight excluding hydrogens is 372 g/mol. The van der Waals surface area contributed by atoms with Gasteiger partial charge in [0, 0.05) is 50.2 Å². The van der Waals surface area contributed by atoms with Crippen molar-refractivity contribution in [1.29, 1.82) is 0 Å². The molecule has 0 aliphatic carbocycles. The zero-order valence-electron chi connectivity index (χ0n) is 16.9. The van der Waals surface area contributed by atoms with E-state index in [1.54, 1.807) is 9.42 Å². The van der Waals surface area contributed by atoms with E-state index in [0.29, 0.717) is 31.4 Å². The molecule has 0 radical (unpaired) electrons. The summed E-state index contributed by atoms with van der Waals surface area (Å²) in [5.74, 6) is 1.03. The number of ether oxygens (including phenoxy) is 1. The summed E-state index contributed by atoms with van der Waals surface area (Å²) in [5, 5.41) is 12.3. The topological polar surface area (TPSA) is 102 Å². The third-order valence-corrected chi connectivity index (χ3v) is 4.90. The van der Waals surface area contributed by atoms with Crippen molar-refractivity contribution < 1.29 is 9.53 Å². The molecule has 10 nitrogen and oxygen atoms in total. The largest absolute Gasteiger partial charge is 0.475 e. The van der Waals surface area contributed by atoms with Crippen molar-refractivity contribution in [3.63, 3.8) is 0 Å². The number of hydrogen-bond donors (Lipinski definition) is 0. The molecule has 152 valence electrons. The fourth-order valence-corrected chi connectivity index (χ4v) is 3.32. The summed E-state index contributed by atoms with van der Waals surface area (Å²) in [6, 6.07) is 5.61. The van der Waals surface area contributed by atoms with Crippen molar-refractivity contribution in [1.82, 2.24) is 39.6 Å². The molecule has 1 fully saturated rings. The predicted octanol–water partition coefficient (Wildman–Crippen LogP) is 0.676. The van der Waals surface area contributed by atoms with Crippen LogP contribution in [0.2, 0.25) is 0 Å². The summed E-state index contributed by atoms with van der Waals surface area (Å²) in [6.45, 7) is 9.82. The monoisotopic (exact) mass is 396 g/mol. The summed E-state index contributed by atoms with van der Waals surface area (Å²) < 4.78 is 7.25. The highest BCUT2D eigenvalue weighted by molar-refractivity contribution is 5.91. The molecule has 0 atom stereocenters. The van der Waals surface area contributed by atoms with Crippen molar-refractivity contribution in [2.45, 2.75) is 20.8 Å². The van der Waals surface area contributed by atoms with Gasteiger partial charge in [-0.1, -0.05) is 0 Å². The molecule has 1 aliphatic heterocycles. The molecule has 0 bridgehead atoms. The van der Waals surface area contributed by atoms with Crippen molar-refractivity contribution >= 4 is 11.7 Å². The maximum absolute atomic E-state index is 12.8. The summed E-state index contributed by atoms with van der Waals surface area (Å²) in [6.07, 6.45) is 0. The van der Waals surface area contributed by atoms with Crippen LogP contribution in [0.25, 0.3) is 5.78 Å². The fourth-order valence-electron chi connectivity index (χ4n) is 3.32. The smallest absolute Gasteiger partial charge is 0.293 e. The van der Waals surface area contributed by atoms with Crippen molar-refractivity contribution in [2.24, 2.45) is 0 Å². The first-order valence-electron chi connectivity index (χ1n) is 9.65. The van der Waals surface area contributed by atoms with Gasteiger partial charge >= 0.3 is 0 Å². The van der Waals surface area contributed by atoms with Gasteiger partial charge < -0.3 is 9.64 Å². The Morgan fingerprint density at radius 3 is 2.55 bits per heavy atom. The van der Waals surface area contributed by atoms with Crippen LogP contribution in [0.3, 0.4) is 0 Å². The average Bonchev–Trinajstić information content (AvgIpc) is 3.14. The van der Waals surface area contributed by atoms with Crippen molar-refractivity contribution in [2.75, 3.05) is 39.3 Å². The molecule has 1 amide bonds. The van der Waals surface area contributed by atoms with E-state index in [9.17, 15) is 4.79 Å². The molecular formula is C19H24N8O2. The predicted molar refractivity (Wildman–Crippen MR) is 105 cm³/mol. The molecule has 0 spiro atoms. The third-order valence-electron chi connectivity index (χ3n) is 4.90. The van der Waals surface area contributed by atoms with Gasteiger partial charge in [-0.3, -0.25) is 9.69 Å². The van der Waals surface area contributed by atoms with Crippen molar-refractivity contribution in [3.05, 3.63) is 41.1 Å². The number of rotatable bonds is 5. The first-order valence-corrected chi connectivity index (χ1v) is 9.65. The zero-order valence-corrected chi connectivity index (χ0v) is 16.9. The molecule has 10 heteroatoms. The van der Waals surface area contributed by atoms with Gasteiger partial charge in [-0.15, -0.1) is 10.2 Å². The summed E-state index contributed by atoms with van der Waals surface area (Å²) in [5.41, 5.74) is 2.62. The summed E-state index contributed by atoms with van der Waals surface area (Å²) in [7, 11) is 0. The second kappa shape index (κ2) is 8.08. The van der Waals surface area contributed by atoms with Gasteiger partial charge in [0.2, 0.25) is 11.7 Å². The van der Waals surface area contributed by atoms with Crippen LogP contribution < -0.4 is 4.74 Å². The lowest BCUT2D eigenvalue weighted by Gasteiger charge is -2.33. The number of carbonyl (C=O) groups is 1. The Balaban J connectivity index is 1.29. The number of amides is 1. The van der Waals surface area contributed by atoms with Gasteiger partial charge in [0.1, 0.15) is 6.61 Å². The van der Waals surface area contributed by atoms with Crippen molar-refractivity contribution in [3.8, 4) is 5.88 Å². The first kappa shape index (κ1) is 19.2. The van der Waals surface area contributed by atoms with Gasteiger partial charge in [0.15, 0.2) is 0 Å². The Kier molecular flexibility index (Phi) is 5.34. The Labute approximate surface area is 168 Å². The lowest BCUT2D eigenvalue weighted by Crippen LogP contribution is -2.49. The Morgan fingerprint density at radius 1 is 1.03 bits per heavy atom. The maximum Gasteiger partial charge on any atom is 0.293 e. The number of piperazine rings is 1.